The molecule has 1 fully saturated rings. The van der Waals surface area contributed by atoms with E-state index in [9.17, 15) is 10.1 Å². The molecule has 1 aliphatic rings. The third-order valence-electron chi connectivity index (χ3n) is 3.16. The summed E-state index contributed by atoms with van der Waals surface area (Å²) < 4.78 is 5.30. The second-order valence-electron chi connectivity index (χ2n) is 4.55. The second kappa shape index (κ2) is 6.33. The van der Waals surface area contributed by atoms with Crippen molar-refractivity contribution in [2.75, 3.05) is 37.4 Å². The van der Waals surface area contributed by atoms with E-state index in [1.165, 1.54) is 12.1 Å². The lowest BCUT2D eigenvalue weighted by Gasteiger charge is -2.10. The van der Waals surface area contributed by atoms with E-state index in [0.29, 0.717) is 17.6 Å². The molecule has 2 heterocycles. The molecule has 2 N–H and O–H groups in total. The predicted octanol–water partition coefficient (Wildman–Crippen LogP) is 1.87. The molecule has 0 radical (unpaired) electrons. The Labute approximate surface area is 111 Å². The van der Waals surface area contributed by atoms with Crippen molar-refractivity contribution in [3.8, 4) is 0 Å². The van der Waals surface area contributed by atoms with Gasteiger partial charge in [-0.2, -0.15) is 0 Å². The van der Waals surface area contributed by atoms with Crippen LogP contribution in [0.4, 0.5) is 17.3 Å². The van der Waals surface area contributed by atoms with Crippen LogP contribution in [-0.2, 0) is 4.74 Å². The third kappa shape index (κ3) is 3.78. The van der Waals surface area contributed by atoms with Crippen molar-refractivity contribution < 1.29 is 9.66 Å². The molecule has 0 aromatic carbocycles. The zero-order valence-corrected chi connectivity index (χ0v) is 10.9. The average Bonchev–Trinajstić information content (AvgIpc) is 2.91. The van der Waals surface area contributed by atoms with E-state index < -0.39 is 4.92 Å². The molecule has 7 heteroatoms. The largest absolute Gasteiger partial charge is 0.381 e. The zero-order valence-electron chi connectivity index (χ0n) is 10.9. The van der Waals surface area contributed by atoms with Crippen molar-refractivity contribution in [3.63, 3.8) is 0 Å². The first-order valence-corrected chi connectivity index (χ1v) is 6.35. The molecule has 19 heavy (non-hydrogen) atoms. The van der Waals surface area contributed by atoms with Gasteiger partial charge in [-0.25, -0.2) is 4.98 Å². The number of aromatic nitrogens is 1. The maximum Gasteiger partial charge on any atom is 0.276 e. The van der Waals surface area contributed by atoms with Crippen LogP contribution in [0.15, 0.2) is 12.1 Å². The number of nitrogens with one attached hydrogen (secondary N) is 2. The zero-order chi connectivity index (χ0) is 13.7. The van der Waals surface area contributed by atoms with Gasteiger partial charge in [-0.1, -0.05) is 0 Å². The van der Waals surface area contributed by atoms with Crippen molar-refractivity contribution in [2.24, 2.45) is 5.92 Å². The second-order valence-corrected chi connectivity index (χ2v) is 4.55. The number of ether oxygens (including phenoxy) is 1. The van der Waals surface area contributed by atoms with Crippen molar-refractivity contribution >= 4 is 17.3 Å². The number of nitro groups is 1. The molecule has 0 spiro atoms. The van der Waals surface area contributed by atoms with Crippen LogP contribution in [0.5, 0.6) is 0 Å². The smallest absolute Gasteiger partial charge is 0.276 e. The molecule has 2 rings (SSSR count). The third-order valence-corrected chi connectivity index (χ3v) is 3.16. The Morgan fingerprint density at radius 3 is 2.95 bits per heavy atom. The van der Waals surface area contributed by atoms with Crippen LogP contribution in [0.25, 0.3) is 0 Å². The van der Waals surface area contributed by atoms with Crippen LogP contribution in [0, 0.1) is 16.0 Å². The number of pyridine rings is 1. The van der Waals surface area contributed by atoms with Gasteiger partial charge < -0.3 is 15.4 Å². The maximum absolute atomic E-state index is 10.8. The Balaban J connectivity index is 1.94. The van der Waals surface area contributed by atoms with Gasteiger partial charge in [0, 0.05) is 26.8 Å². The van der Waals surface area contributed by atoms with Gasteiger partial charge in [-0.05, 0) is 18.8 Å². The molecule has 1 saturated heterocycles. The van der Waals surface area contributed by atoms with Crippen molar-refractivity contribution in [2.45, 2.75) is 12.8 Å². The van der Waals surface area contributed by atoms with Gasteiger partial charge in [-0.15, -0.1) is 0 Å². The summed E-state index contributed by atoms with van der Waals surface area (Å²) >= 11 is 0. The predicted molar refractivity (Wildman–Crippen MR) is 72.5 cm³/mol. The summed E-state index contributed by atoms with van der Waals surface area (Å²) in [7, 11) is 1.69. The molecular weight excluding hydrogens is 248 g/mol. The van der Waals surface area contributed by atoms with E-state index >= 15 is 0 Å². The standard InChI is InChI=1S/C12H18N4O3/c1-13-11-6-10(16(17)18)7-12(15-11)14-4-2-9-3-5-19-8-9/h6-7,9H,2-5,8H2,1H3,(H2,13,14,15). The van der Waals surface area contributed by atoms with Crippen molar-refractivity contribution in [1.29, 1.82) is 0 Å². The highest BCUT2D eigenvalue weighted by Crippen LogP contribution is 2.21. The van der Waals surface area contributed by atoms with Gasteiger partial charge in [0.15, 0.2) is 0 Å². The Kier molecular flexibility index (Phi) is 4.51. The number of hydrogen-bond acceptors (Lipinski definition) is 6. The van der Waals surface area contributed by atoms with Gasteiger partial charge in [-0.3, -0.25) is 10.1 Å². The molecule has 1 aliphatic heterocycles. The molecule has 0 amide bonds. The highest BCUT2D eigenvalue weighted by molar-refractivity contribution is 5.54. The Morgan fingerprint density at radius 1 is 1.53 bits per heavy atom. The number of nitrogens with zero attached hydrogens (tertiary/aromatic N) is 2. The summed E-state index contributed by atoms with van der Waals surface area (Å²) in [4.78, 5) is 14.6. The maximum atomic E-state index is 10.8. The summed E-state index contributed by atoms with van der Waals surface area (Å²) in [6.07, 6.45) is 2.07. The van der Waals surface area contributed by atoms with Crippen LogP contribution in [-0.4, -0.2) is 36.7 Å². The monoisotopic (exact) mass is 266 g/mol. The molecule has 104 valence electrons. The summed E-state index contributed by atoms with van der Waals surface area (Å²) in [5.74, 6) is 1.59. The van der Waals surface area contributed by atoms with E-state index in [4.69, 9.17) is 4.74 Å². The van der Waals surface area contributed by atoms with Crippen LogP contribution >= 0.6 is 0 Å². The van der Waals surface area contributed by atoms with E-state index in [0.717, 1.165) is 32.6 Å². The Bertz CT molecular complexity index is 447. The highest BCUT2D eigenvalue weighted by Gasteiger charge is 2.15. The molecule has 1 aromatic rings. The summed E-state index contributed by atoms with van der Waals surface area (Å²) in [5.41, 5.74) is 0.0334. The molecule has 0 bridgehead atoms. The molecule has 1 unspecified atom stereocenters. The number of hydrogen-bond donors (Lipinski definition) is 2. The average molecular weight is 266 g/mol. The lowest BCUT2D eigenvalue weighted by atomic mass is 10.1. The van der Waals surface area contributed by atoms with Gasteiger partial charge >= 0.3 is 0 Å². The summed E-state index contributed by atoms with van der Waals surface area (Å²) in [5, 5.41) is 16.8. The lowest BCUT2D eigenvalue weighted by molar-refractivity contribution is -0.384. The topological polar surface area (TPSA) is 89.3 Å². The summed E-state index contributed by atoms with van der Waals surface area (Å²) in [6, 6.07) is 2.86. The molecule has 0 saturated carbocycles. The van der Waals surface area contributed by atoms with Crippen molar-refractivity contribution in [3.05, 3.63) is 22.2 Å². The number of rotatable bonds is 6. The minimum absolute atomic E-state index is 0.0334. The van der Waals surface area contributed by atoms with E-state index in [1.54, 1.807) is 7.05 Å². The fraction of sp³-hybridized carbons (Fsp3) is 0.583. The molecular formula is C12H18N4O3. The van der Waals surface area contributed by atoms with E-state index in [-0.39, 0.29) is 5.69 Å². The van der Waals surface area contributed by atoms with Crippen LogP contribution in [0.3, 0.4) is 0 Å². The Morgan fingerprint density at radius 2 is 2.32 bits per heavy atom. The van der Waals surface area contributed by atoms with Crippen LogP contribution in [0.1, 0.15) is 12.8 Å². The molecule has 1 aromatic heterocycles. The fourth-order valence-electron chi connectivity index (χ4n) is 2.06. The minimum Gasteiger partial charge on any atom is -0.381 e. The minimum atomic E-state index is -0.418. The molecule has 1 atom stereocenters. The highest BCUT2D eigenvalue weighted by atomic mass is 16.6. The van der Waals surface area contributed by atoms with Gasteiger partial charge in [0.25, 0.3) is 5.69 Å². The Hall–Kier alpha value is -1.89. The van der Waals surface area contributed by atoms with E-state index in [1.807, 2.05) is 0 Å². The van der Waals surface area contributed by atoms with Gasteiger partial charge in [0.2, 0.25) is 0 Å². The van der Waals surface area contributed by atoms with Crippen LogP contribution < -0.4 is 10.6 Å². The lowest BCUT2D eigenvalue weighted by Crippen LogP contribution is -2.10. The first-order chi connectivity index (χ1) is 9.19. The quantitative estimate of drug-likeness (QED) is 0.603. The normalized spacial score (nSPS) is 18.3. The van der Waals surface area contributed by atoms with Crippen LogP contribution in [0.2, 0.25) is 0 Å². The molecule has 7 nitrogen and oxygen atoms in total. The summed E-state index contributed by atoms with van der Waals surface area (Å²) in [6.45, 7) is 2.39. The number of anilines is 2. The first kappa shape index (κ1) is 13.5. The first-order valence-electron chi connectivity index (χ1n) is 6.35. The van der Waals surface area contributed by atoms with Crippen molar-refractivity contribution in [1.82, 2.24) is 4.98 Å². The van der Waals surface area contributed by atoms with Gasteiger partial charge in [0.1, 0.15) is 11.6 Å². The molecule has 0 aliphatic carbocycles. The fourth-order valence-corrected chi connectivity index (χ4v) is 2.06. The van der Waals surface area contributed by atoms with E-state index in [2.05, 4.69) is 15.6 Å². The SMILES string of the molecule is CNc1cc([N+](=O)[O-])cc(NCCC2CCOC2)n1. The van der Waals surface area contributed by atoms with Gasteiger partial charge in [0.05, 0.1) is 17.1 Å².